The zero-order valence-electron chi connectivity index (χ0n) is 11.5. The Morgan fingerprint density at radius 3 is 1.39 bits per heavy atom. The Morgan fingerprint density at radius 1 is 0.778 bits per heavy atom. The Hall–Kier alpha value is -2.10. The molecule has 0 saturated heterocycles. The molecule has 1 rings (SSSR count). The molecule has 0 saturated carbocycles. The molecule has 0 fully saturated rings. The van der Waals surface area contributed by atoms with E-state index < -0.39 is 0 Å². The van der Waals surface area contributed by atoms with Crippen LogP contribution in [0.1, 0.15) is 11.1 Å². The molecule has 0 atom stereocenters. The molecule has 0 aromatic heterocycles. The molecule has 0 amide bonds. The van der Waals surface area contributed by atoms with Gasteiger partial charge in [0.1, 0.15) is 0 Å². The molecule has 4 N–H and O–H groups in total. The van der Waals surface area contributed by atoms with Gasteiger partial charge in [0.2, 0.25) is 0 Å². The summed E-state index contributed by atoms with van der Waals surface area (Å²) in [7, 11) is 7.85. The number of rotatable bonds is 4. The van der Waals surface area contributed by atoms with Gasteiger partial charge in [0, 0.05) is 39.3 Å². The van der Waals surface area contributed by atoms with E-state index in [0.29, 0.717) is 11.4 Å². The zero-order valence-corrected chi connectivity index (χ0v) is 11.5. The summed E-state index contributed by atoms with van der Waals surface area (Å²) in [5.74, 6) is 0. The molecule has 1 aromatic carbocycles. The first kappa shape index (κ1) is 14.0. The molecular weight excluding hydrogens is 224 g/mol. The standard InChI is InChI=1S/C14H22N4/c1-17(2)9-7-11-5-6-12(8-10-18(3)4)14(16)13(11)15/h5-10H,15-16H2,1-4H3/b9-7+,10-8+. The normalized spacial score (nSPS) is 11.3. The summed E-state index contributed by atoms with van der Waals surface area (Å²) < 4.78 is 0. The molecule has 0 spiro atoms. The quantitative estimate of drug-likeness (QED) is 0.797. The zero-order chi connectivity index (χ0) is 13.7. The Morgan fingerprint density at radius 2 is 1.11 bits per heavy atom. The first-order valence-electron chi connectivity index (χ1n) is 5.79. The molecule has 0 unspecified atom stereocenters. The van der Waals surface area contributed by atoms with Crippen molar-refractivity contribution in [1.82, 2.24) is 9.80 Å². The van der Waals surface area contributed by atoms with Crippen molar-refractivity contribution in [2.45, 2.75) is 0 Å². The van der Waals surface area contributed by atoms with Crippen molar-refractivity contribution in [2.24, 2.45) is 0 Å². The molecular formula is C14H22N4. The van der Waals surface area contributed by atoms with E-state index in [1.165, 1.54) is 0 Å². The first-order valence-corrected chi connectivity index (χ1v) is 5.79. The van der Waals surface area contributed by atoms with Gasteiger partial charge in [-0.25, -0.2) is 0 Å². The lowest BCUT2D eigenvalue weighted by molar-refractivity contribution is 0.567. The average Bonchev–Trinajstić information content (AvgIpc) is 2.29. The van der Waals surface area contributed by atoms with Crippen LogP contribution in [0.3, 0.4) is 0 Å². The van der Waals surface area contributed by atoms with Gasteiger partial charge in [-0.1, -0.05) is 12.1 Å². The average molecular weight is 246 g/mol. The Labute approximate surface area is 109 Å². The van der Waals surface area contributed by atoms with Gasteiger partial charge in [0.05, 0.1) is 11.4 Å². The maximum absolute atomic E-state index is 6.03. The Kier molecular flexibility index (Phi) is 4.66. The molecule has 0 radical (unpaired) electrons. The van der Waals surface area contributed by atoms with E-state index in [9.17, 15) is 0 Å². The third-order valence-corrected chi connectivity index (χ3v) is 2.46. The summed E-state index contributed by atoms with van der Waals surface area (Å²) in [6.45, 7) is 0. The maximum atomic E-state index is 6.03. The van der Waals surface area contributed by atoms with Gasteiger partial charge in [0.25, 0.3) is 0 Å². The molecule has 0 aliphatic rings. The van der Waals surface area contributed by atoms with Crippen molar-refractivity contribution in [1.29, 1.82) is 0 Å². The van der Waals surface area contributed by atoms with Crippen molar-refractivity contribution in [3.8, 4) is 0 Å². The van der Waals surface area contributed by atoms with Crippen molar-refractivity contribution in [2.75, 3.05) is 39.7 Å². The monoisotopic (exact) mass is 246 g/mol. The number of hydrogen-bond donors (Lipinski definition) is 2. The van der Waals surface area contributed by atoms with Crippen LogP contribution < -0.4 is 11.5 Å². The minimum atomic E-state index is 0.619. The van der Waals surface area contributed by atoms with E-state index in [1.54, 1.807) is 0 Å². The van der Waals surface area contributed by atoms with E-state index in [2.05, 4.69) is 0 Å². The number of hydrogen-bond acceptors (Lipinski definition) is 4. The number of benzene rings is 1. The molecule has 4 heteroatoms. The van der Waals surface area contributed by atoms with Crippen LogP contribution in [0.4, 0.5) is 11.4 Å². The number of nitrogens with two attached hydrogens (primary N) is 2. The fourth-order valence-corrected chi connectivity index (χ4v) is 1.42. The van der Waals surface area contributed by atoms with Gasteiger partial charge >= 0.3 is 0 Å². The van der Waals surface area contributed by atoms with E-state index in [1.807, 2.05) is 74.7 Å². The second kappa shape index (κ2) is 6.00. The largest absolute Gasteiger partial charge is 0.397 e. The van der Waals surface area contributed by atoms with Crippen LogP contribution in [-0.2, 0) is 0 Å². The highest BCUT2D eigenvalue weighted by molar-refractivity contribution is 5.82. The predicted octanol–water partition coefficient (Wildman–Crippen LogP) is 1.92. The third kappa shape index (κ3) is 3.73. The van der Waals surface area contributed by atoms with Crippen molar-refractivity contribution < 1.29 is 0 Å². The number of nitrogen functional groups attached to an aromatic ring is 2. The minimum absolute atomic E-state index is 0.619. The van der Waals surface area contributed by atoms with Gasteiger partial charge in [-0.3, -0.25) is 0 Å². The summed E-state index contributed by atoms with van der Waals surface area (Å²) in [5, 5.41) is 0. The van der Waals surface area contributed by atoms with Crippen molar-refractivity contribution in [3.05, 3.63) is 35.7 Å². The maximum Gasteiger partial charge on any atom is 0.0628 e. The van der Waals surface area contributed by atoms with Gasteiger partial charge in [0.15, 0.2) is 0 Å². The topological polar surface area (TPSA) is 58.5 Å². The highest BCUT2D eigenvalue weighted by Crippen LogP contribution is 2.26. The number of nitrogens with zero attached hydrogens (tertiary/aromatic N) is 2. The molecule has 0 heterocycles. The second-order valence-corrected chi connectivity index (χ2v) is 4.63. The molecule has 0 bridgehead atoms. The highest BCUT2D eigenvalue weighted by Gasteiger charge is 2.04. The molecule has 0 aliphatic carbocycles. The van der Waals surface area contributed by atoms with E-state index in [4.69, 9.17) is 11.5 Å². The van der Waals surface area contributed by atoms with Crippen LogP contribution >= 0.6 is 0 Å². The van der Waals surface area contributed by atoms with Gasteiger partial charge in [-0.05, 0) is 24.6 Å². The predicted molar refractivity (Wildman–Crippen MR) is 80.7 cm³/mol. The summed E-state index contributed by atoms with van der Waals surface area (Å²) >= 11 is 0. The Bertz CT molecular complexity index is 416. The summed E-state index contributed by atoms with van der Waals surface area (Å²) in [6, 6.07) is 3.95. The molecule has 18 heavy (non-hydrogen) atoms. The van der Waals surface area contributed by atoms with Crippen LogP contribution in [-0.4, -0.2) is 38.0 Å². The van der Waals surface area contributed by atoms with Crippen LogP contribution in [0.25, 0.3) is 12.2 Å². The third-order valence-electron chi connectivity index (χ3n) is 2.46. The van der Waals surface area contributed by atoms with Gasteiger partial charge in [-0.15, -0.1) is 0 Å². The van der Waals surface area contributed by atoms with Crippen LogP contribution in [0, 0.1) is 0 Å². The molecule has 0 aliphatic heterocycles. The second-order valence-electron chi connectivity index (χ2n) is 4.63. The smallest absolute Gasteiger partial charge is 0.0628 e. The van der Waals surface area contributed by atoms with Gasteiger partial charge in [-0.2, -0.15) is 0 Å². The van der Waals surface area contributed by atoms with Crippen molar-refractivity contribution >= 4 is 23.5 Å². The fourth-order valence-electron chi connectivity index (χ4n) is 1.42. The van der Waals surface area contributed by atoms with Crippen molar-refractivity contribution in [3.63, 3.8) is 0 Å². The summed E-state index contributed by atoms with van der Waals surface area (Å²) in [6.07, 6.45) is 7.79. The van der Waals surface area contributed by atoms with Crippen LogP contribution in [0.15, 0.2) is 24.5 Å². The lowest BCUT2D eigenvalue weighted by Crippen LogP contribution is -2.03. The molecule has 98 valence electrons. The lowest BCUT2D eigenvalue weighted by atomic mass is 10.1. The highest BCUT2D eigenvalue weighted by atomic mass is 15.0. The molecule has 1 aromatic rings. The van der Waals surface area contributed by atoms with E-state index in [0.717, 1.165) is 11.1 Å². The summed E-state index contributed by atoms with van der Waals surface area (Å²) in [4.78, 5) is 3.91. The fraction of sp³-hybridized carbons (Fsp3) is 0.286. The Balaban J connectivity index is 3.05. The first-order chi connectivity index (χ1) is 8.41. The van der Waals surface area contributed by atoms with Gasteiger partial charge < -0.3 is 21.3 Å². The molecule has 4 nitrogen and oxygen atoms in total. The number of anilines is 2. The lowest BCUT2D eigenvalue weighted by Gasteiger charge is -2.10. The van der Waals surface area contributed by atoms with E-state index in [-0.39, 0.29) is 0 Å². The van der Waals surface area contributed by atoms with Crippen LogP contribution in [0.5, 0.6) is 0 Å². The SMILES string of the molecule is CN(C)/C=C/c1ccc(/C=C/N(C)C)c(N)c1N. The van der Waals surface area contributed by atoms with E-state index >= 15 is 0 Å². The van der Waals surface area contributed by atoms with Crippen LogP contribution in [0.2, 0.25) is 0 Å². The summed E-state index contributed by atoms with van der Waals surface area (Å²) in [5.41, 5.74) is 15.2. The minimum Gasteiger partial charge on any atom is -0.397 e.